The molecule has 1 fully saturated rings. The summed E-state index contributed by atoms with van der Waals surface area (Å²) in [6, 6.07) is 11.0. The van der Waals surface area contributed by atoms with Crippen LogP contribution >= 0.6 is 22.9 Å². The van der Waals surface area contributed by atoms with E-state index in [1.165, 1.54) is 6.20 Å². The predicted octanol–water partition coefficient (Wildman–Crippen LogP) is 6.19. The molecular weight excluding hydrogens is 570 g/mol. The van der Waals surface area contributed by atoms with Crippen LogP contribution in [-0.2, 0) is 6.54 Å². The highest BCUT2D eigenvalue weighted by molar-refractivity contribution is 7.21. The molecule has 0 unspecified atom stereocenters. The second-order valence-corrected chi connectivity index (χ2v) is 11.4. The summed E-state index contributed by atoms with van der Waals surface area (Å²) in [5.74, 6) is -1.79. The van der Waals surface area contributed by atoms with E-state index >= 15 is 0 Å². The summed E-state index contributed by atoms with van der Waals surface area (Å²) in [5.41, 5.74) is 7.77. The van der Waals surface area contributed by atoms with Crippen molar-refractivity contribution in [3.8, 4) is 16.9 Å². The first-order chi connectivity index (χ1) is 19.7. The van der Waals surface area contributed by atoms with Gasteiger partial charge in [0.05, 0.1) is 22.2 Å². The lowest BCUT2D eigenvalue weighted by Gasteiger charge is -2.37. The van der Waals surface area contributed by atoms with Crippen LogP contribution in [0.25, 0.3) is 21.2 Å². The monoisotopic (exact) mass is 597 g/mol. The van der Waals surface area contributed by atoms with Crippen LogP contribution in [0.3, 0.4) is 0 Å². The van der Waals surface area contributed by atoms with Crippen LogP contribution in [0.2, 0.25) is 5.02 Å². The molecule has 7 nitrogen and oxygen atoms in total. The predicted molar refractivity (Wildman–Crippen MR) is 155 cm³/mol. The molecule has 4 aromatic rings. The molecule has 1 aliphatic rings. The van der Waals surface area contributed by atoms with E-state index in [4.69, 9.17) is 22.1 Å². The zero-order chi connectivity index (χ0) is 29.3. The Morgan fingerprint density at radius 2 is 1.80 bits per heavy atom. The van der Waals surface area contributed by atoms with Crippen molar-refractivity contribution in [2.45, 2.75) is 44.3 Å². The van der Waals surface area contributed by atoms with Gasteiger partial charge < -0.3 is 15.4 Å². The summed E-state index contributed by atoms with van der Waals surface area (Å²) < 4.78 is 34.9. The average molecular weight is 598 g/mol. The number of thiophene rings is 1. The van der Waals surface area contributed by atoms with Gasteiger partial charge >= 0.3 is 0 Å². The molecule has 2 aromatic carbocycles. The number of aromatic nitrogens is 1. The van der Waals surface area contributed by atoms with Crippen LogP contribution in [0, 0.1) is 11.6 Å². The van der Waals surface area contributed by atoms with Crippen molar-refractivity contribution in [2.24, 2.45) is 5.73 Å². The first-order valence-corrected chi connectivity index (χ1v) is 14.3. The third-order valence-electron chi connectivity index (χ3n) is 7.58. The Hall–Kier alpha value is -3.60. The Labute approximate surface area is 245 Å². The highest BCUT2D eigenvalue weighted by Crippen LogP contribution is 2.40. The van der Waals surface area contributed by atoms with Gasteiger partial charge in [-0.05, 0) is 73.2 Å². The lowest BCUT2D eigenvalue weighted by molar-refractivity contribution is 0.0604. The highest BCUT2D eigenvalue weighted by atomic mass is 35.5. The summed E-state index contributed by atoms with van der Waals surface area (Å²) in [4.78, 5) is 31.7. The van der Waals surface area contributed by atoms with Crippen LogP contribution in [0.5, 0.6) is 5.75 Å². The molecule has 5 rings (SSSR count). The SMILES string of the molecule is C[N]C1CCC(N(Cc2cc(-c3ccnc(C(N)=O)c3)ccc2OC)C(=O)c2sc3c(F)ccc(F)c3c2Cl)CC1. The van der Waals surface area contributed by atoms with Crippen molar-refractivity contribution in [3.05, 3.63) is 81.5 Å². The molecule has 2 amide bonds. The molecule has 0 atom stereocenters. The Morgan fingerprint density at radius 1 is 1.10 bits per heavy atom. The van der Waals surface area contributed by atoms with Crippen molar-refractivity contribution in [1.29, 1.82) is 0 Å². The molecule has 2 N–H and O–H groups in total. The number of primary amides is 1. The van der Waals surface area contributed by atoms with Crippen molar-refractivity contribution in [3.63, 3.8) is 0 Å². The number of halogens is 3. The number of nitrogens with two attached hydrogens (primary N) is 1. The Balaban J connectivity index is 1.56. The molecule has 41 heavy (non-hydrogen) atoms. The fourth-order valence-electron chi connectivity index (χ4n) is 5.37. The number of nitrogens with zero attached hydrogens (tertiary/aromatic N) is 3. The van der Waals surface area contributed by atoms with E-state index < -0.39 is 23.4 Å². The Morgan fingerprint density at radius 3 is 2.46 bits per heavy atom. The third-order valence-corrected chi connectivity index (χ3v) is 9.25. The van der Waals surface area contributed by atoms with Crippen LogP contribution in [0.1, 0.15) is 51.4 Å². The summed E-state index contributed by atoms with van der Waals surface area (Å²) in [5, 5.41) is 4.24. The van der Waals surface area contributed by atoms with E-state index in [1.54, 1.807) is 37.3 Å². The zero-order valence-corrected chi connectivity index (χ0v) is 24.1. The molecule has 213 valence electrons. The van der Waals surface area contributed by atoms with Gasteiger partial charge in [-0.25, -0.2) is 14.1 Å². The molecule has 0 aliphatic heterocycles. The third kappa shape index (κ3) is 5.77. The fraction of sp³-hybridized carbons (Fsp3) is 0.300. The average Bonchev–Trinajstić information content (AvgIpc) is 3.35. The number of benzene rings is 2. The first-order valence-electron chi connectivity index (χ1n) is 13.1. The van der Waals surface area contributed by atoms with Gasteiger partial charge in [-0.15, -0.1) is 11.3 Å². The quantitative estimate of drug-likeness (QED) is 0.262. The Bertz CT molecular complexity index is 1620. The molecule has 1 radical (unpaired) electrons. The van der Waals surface area contributed by atoms with Crippen molar-refractivity contribution in [1.82, 2.24) is 15.2 Å². The van der Waals surface area contributed by atoms with Crippen molar-refractivity contribution >= 4 is 44.8 Å². The van der Waals surface area contributed by atoms with Gasteiger partial charge in [-0.2, -0.15) is 0 Å². The molecule has 2 aromatic heterocycles. The molecule has 11 heteroatoms. The van der Waals surface area contributed by atoms with Crippen LogP contribution in [0.15, 0.2) is 48.7 Å². The lowest BCUT2D eigenvalue weighted by Crippen LogP contribution is -2.43. The zero-order valence-electron chi connectivity index (χ0n) is 22.5. The summed E-state index contributed by atoms with van der Waals surface area (Å²) in [6.07, 6.45) is 4.58. The number of carbonyl (C=O) groups excluding carboxylic acids is 2. The van der Waals surface area contributed by atoms with Gasteiger partial charge in [0.25, 0.3) is 11.8 Å². The minimum atomic E-state index is -0.680. The van der Waals surface area contributed by atoms with E-state index in [2.05, 4.69) is 10.3 Å². The number of hydrogen-bond donors (Lipinski definition) is 1. The van der Waals surface area contributed by atoms with E-state index in [9.17, 15) is 18.4 Å². The Kier molecular flexibility index (Phi) is 8.53. The maximum atomic E-state index is 14.6. The van der Waals surface area contributed by atoms with Gasteiger partial charge in [0.1, 0.15) is 28.0 Å². The number of ether oxygens (including phenoxy) is 1. The van der Waals surface area contributed by atoms with E-state index in [0.29, 0.717) is 24.2 Å². The summed E-state index contributed by atoms with van der Waals surface area (Å²) in [6.45, 7) is 0.164. The number of methoxy groups -OCH3 is 1. The number of fused-ring (bicyclic) bond motifs is 1. The van der Waals surface area contributed by atoms with E-state index in [0.717, 1.165) is 47.4 Å². The number of carbonyl (C=O) groups is 2. The maximum absolute atomic E-state index is 14.6. The summed E-state index contributed by atoms with van der Waals surface area (Å²) in [7, 11) is 3.35. The van der Waals surface area contributed by atoms with Gasteiger partial charge in [0, 0.05) is 37.4 Å². The molecule has 1 aliphatic carbocycles. The number of rotatable bonds is 8. The fourth-order valence-corrected chi connectivity index (χ4v) is 6.88. The molecule has 1 saturated carbocycles. The van der Waals surface area contributed by atoms with E-state index in [1.807, 2.05) is 12.1 Å². The second kappa shape index (κ2) is 12.1. The molecule has 2 heterocycles. The van der Waals surface area contributed by atoms with Gasteiger partial charge in [0.15, 0.2) is 0 Å². The topological polar surface area (TPSA) is 99.6 Å². The van der Waals surface area contributed by atoms with Crippen LogP contribution in [-0.4, -0.2) is 47.9 Å². The molecule has 0 bridgehead atoms. The van der Waals surface area contributed by atoms with Crippen molar-refractivity contribution < 1.29 is 23.1 Å². The van der Waals surface area contributed by atoms with E-state index in [-0.39, 0.29) is 44.3 Å². The molecule has 0 saturated heterocycles. The smallest absolute Gasteiger partial charge is 0.267 e. The highest BCUT2D eigenvalue weighted by Gasteiger charge is 2.33. The first kappa shape index (κ1) is 28.9. The van der Waals surface area contributed by atoms with Gasteiger partial charge in [-0.3, -0.25) is 14.6 Å². The van der Waals surface area contributed by atoms with Gasteiger partial charge in [0.2, 0.25) is 0 Å². The van der Waals surface area contributed by atoms with Crippen molar-refractivity contribution in [2.75, 3.05) is 14.2 Å². The second-order valence-electron chi connectivity index (χ2n) is 9.95. The van der Waals surface area contributed by atoms with Gasteiger partial charge in [-0.1, -0.05) is 17.7 Å². The largest absolute Gasteiger partial charge is 0.496 e. The number of amides is 2. The minimum absolute atomic E-state index is 0.00862. The molecule has 0 spiro atoms. The molecular formula is C30H28ClF2N4O3S. The number of pyridine rings is 1. The standard InChI is InChI=1S/C30H28ClF2N4O3S/c1-35-19-4-6-20(7-5-19)37(30(39)28-26(31)25-21(32)8-9-22(33)27(25)41-28)15-18-13-16(3-10-24(18)40-2)17-11-12-36-23(14-17)29(34)38/h3,8-14,19-20H,4-7,15H2,1-2H3,(H2,34,38). The van der Waals surface area contributed by atoms with Crippen LogP contribution < -0.4 is 15.8 Å². The minimum Gasteiger partial charge on any atom is -0.496 e. The lowest BCUT2D eigenvalue weighted by atomic mass is 9.89. The maximum Gasteiger partial charge on any atom is 0.267 e. The van der Waals surface area contributed by atoms with Crippen LogP contribution in [0.4, 0.5) is 8.78 Å². The number of hydrogen-bond acceptors (Lipinski definition) is 5. The summed E-state index contributed by atoms with van der Waals surface area (Å²) >= 11 is 7.39. The normalized spacial score (nSPS) is 17.0.